The molecule has 21 heavy (non-hydrogen) atoms. The molecule has 0 spiro atoms. The molecular weight excluding hydrogens is 319 g/mol. The molecule has 6 heteroatoms. The third kappa shape index (κ3) is 3.71. The molecule has 2 aromatic carbocycles. The Balaban J connectivity index is 2.18. The zero-order valence-corrected chi connectivity index (χ0v) is 12.5. The van der Waals surface area contributed by atoms with Crippen molar-refractivity contribution in [1.29, 1.82) is 0 Å². The number of hydrogen-bond donors (Lipinski definition) is 1. The van der Waals surface area contributed by atoms with Gasteiger partial charge in [-0.1, -0.05) is 29.3 Å². The molecule has 110 valence electrons. The number of halogens is 4. The number of amides is 1. The van der Waals surface area contributed by atoms with Crippen molar-refractivity contribution in [3.8, 4) is 0 Å². The first-order chi connectivity index (χ1) is 9.88. The van der Waals surface area contributed by atoms with Gasteiger partial charge < -0.3 is 5.32 Å². The SMILES string of the molecule is CC(NC(=O)c1ccc(F)cc1F)c1ccc(Cl)cc1Cl. The van der Waals surface area contributed by atoms with Crippen LogP contribution in [0.3, 0.4) is 0 Å². The topological polar surface area (TPSA) is 29.1 Å². The Kier molecular flexibility index (Phi) is 4.80. The Bertz CT molecular complexity index is 691. The van der Waals surface area contributed by atoms with Gasteiger partial charge in [0.1, 0.15) is 11.6 Å². The quantitative estimate of drug-likeness (QED) is 0.863. The van der Waals surface area contributed by atoms with Gasteiger partial charge in [-0.2, -0.15) is 0 Å². The van der Waals surface area contributed by atoms with Crippen LogP contribution < -0.4 is 5.32 Å². The fraction of sp³-hybridized carbons (Fsp3) is 0.133. The van der Waals surface area contributed by atoms with Gasteiger partial charge in [0.25, 0.3) is 5.91 Å². The summed E-state index contributed by atoms with van der Waals surface area (Å²) in [6.45, 7) is 1.70. The third-order valence-electron chi connectivity index (χ3n) is 2.95. The van der Waals surface area contributed by atoms with Crippen LogP contribution >= 0.6 is 23.2 Å². The molecule has 1 unspecified atom stereocenters. The van der Waals surface area contributed by atoms with Crippen LogP contribution in [0.5, 0.6) is 0 Å². The van der Waals surface area contributed by atoms with Crippen molar-refractivity contribution >= 4 is 29.1 Å². The Hall–Kier alpha value is -1.65. The van der Waals surface area contributed by atoms with Gasteiger partial charge in [-0.05, 0) is 36.8 Å². The molecule has 0 radical (unpaired) electrons. The van der Waals surface area contributed by atoms with E-state index in [0.29, 0.717) is 21.7 Å². The summed E-state index contributed by atoms with van der Waals surface area (Å²) in [5.74, 6) is -2.30. The highest BCUT2D eigenvalue weighted by atomic mass is 35.5. The van der Waals surface area contributed by atoms with E-state index in [4.69, 9.17) is 23.2 Å². The summed E-state index contributed by atoms with van der Waals surface area (Å²) in [4.78, 5) is 12.0. The molecule has 1 amide bonds. The van der Waals surface area contributed by atoms with Crippen LogP contribution in [0.25, 0.3) is 0 Å². The minimum absolute atomic E-state index is 0.228. The van der Waals surface area contributed by atoms with Gasteiger partial charge in [-0.15, -0.1) is 0 Å². The highest BCUT2D eigenvalue weighted by molar-refractivity contribution is 6.35. The molecule has 2 nitrogen and oxygen atoms in total. The predicted octanol–water partition coefficient (Wildman–Crippen LogP) is 4.76. The lowest BCUT2D eigenvalue weighted by Gasteiger charge is -2.16. The van der Waals surface area contributed by atoms with Crippen LogP contribution in [0, 0.1) is 11.6 Å². The zero-order valence-electron chi connectivity index (χ0n) is 11.0. The summed E-state index contributed by atoms with van der Waals surface area (Å²) in [5.41, 5.74) is 0.422. The number of rotatable bonds is 3. The second-order valence-corrected chi connectivity index (χ2v) is 5.33. The second-order valence-electron chi connectivity index (χ2n) is 4.49. The molecule has 1 atom stereocenters. The summed E-state index contributed by atoms with van der Waals surface area (Å²) in [6, 6.07) is 7.20. The van der Waals surface area contributed by atoms with Gasteiger partial charge >= 0.3 is 0 Å². The van der Waals surface area contributed by atoms with Crippen LogP contribution in [0.15, 0.2) is 36.4 Å². The Labute approximate surface area is 130 Å². The van der Waals surface area contributed by atoms with Gasteiger partial charge in [0.15, 0.2) is 0 Å². The van der Waals surface area contributed by atoms with Crippen LogP contribution in [0.4, 0.5) is 8.78 Å². The Morgan fingerprint density at radius 3 is 2.48 bits per heavy atom. The first-order valence-electron chi connectivity index (χ1n) is 6.09. The molecular formula is C15H11Cl2F2NO. The van der Waals surface area contributed by atoms with E-state index in [2.05, 4.69) is 5.32 Å². The highest BCUT2D eigenvalue weighted by Crippen LogP contribution is 2.26. The maximum atomic E-state index is 13.5. The van der Waals surface area contributed by atoms with Gasteiger partial charge in [0, 0.05) is 16.1 Å². The molecule has 0 saturated carbocycles. The Morgan fingerprint density at radius 2 is 1.86 bits per heavy atom. The van der Waals surface area contributed by atoms with Crippen molar-refractivity contribution in [1.82, 2.24) is 5.32 Å². The van der Waals surface area contributed by atoms with Crippen molar-refractivity contribution in [2.45, 2.75) is 13.0 Å². The van der Waals surface area contributed by atoms with Crippen LogP contribution in [-0.2, 0) is 0 Å². The van der Waals surface area contributed by atoms with Crippen LogP contribution in [0.1, 0.15) is 28.9 Å². The average molecular weight is 330 g/mol. The molecule has 2 aromatic rings. The monoisotopic (exact) mass is 329 g/mol. The number of carbonyl (C=O) groups excluding carboxylic acids is 1. The molecule has 2 rings (SSSR count). The van der Waals surface area contributed by atoms with E-state index < -0.39 is 23.6 Å². The van der Waals surface area contributed by atoms with Crippen molar-refractivity contribution in [2.24, 2.45) is 0 Å². The maximum absolute atomic E-state index is 13.5. The average Bonchev–Trinajstić information content (AvgIpc) is 2.37. The molecule has 0 aromatic heterocycles. The number of hydrogen-bond acceptors (Lipinski definition) is 1. The van der Waals surface area contributed by atoms with E-state index in [-0.39, 0.29) is 5.56 Å². The summed E-state index contributed by atoms with van der Waals surface area (Å²) < 4.78 is 26.4. The molecule has 0 aliphatic carbocycles. The van der Waals surface area contributed by atoms with Gasteiger partial charge in [-0.25, -0.2) is 8.78 Å². The lowest BCUT2D eigenvalue weighted by atomic mass is 10.1. The summed E-state index contributed by atoms with van der Waals surface area (Å²) in [7, 11) is 0. The number of nitrogens with one attached hydrogen (secondary N) is 1. The minimum atomic E-state index is -0.915. The maximum Gasteiger partial charge on any atom is 0.254 e. The van der Waals surface area contributed by atoms with E-state index >= 15 is 0 Å². The molecule has 0 saturated heterocycles. The predicted molar refractivity (Wildman–Crippen MR) is 78.7 cm³/mol. The molecule has 0 aliphatic rings. The van der Waals surface area contributed by atoms with E-state index in [1.165, 1.54) is 0 Å². The van der Waals surface area contributed by atoms with Crippen molar-refractivity contribution < 1.29 is 13.6 Å². The van der Waals surface area contributed by atoms with Gasteiger partial charge in [0.2, 0.25) is 0 Å². The lowest BCUT2D eigenvalue weighted by Crippen LogP contribution is -2.27. The molecule has 1 N–H and O–H groups in total. The fourth-order valence-electron chi connectivity index (χ4n) is 1.88. The van der Waals surface area contributed by atoms with Gasteiger partial charge in [-0.3, -0.25) is 4.79 Å². The third-order valence-corrected chi connectivity index (χ3v) is 3.51. The van der Waals surface area contributed by atoms with Crippen molar-refractivity contribution in [3.63, 3.8) is 0 Å². The van der Waals surface area contributed by atoms with Crippen molar-refractivity contribution in [3.05, 3.63) is 69.2 Å². The Morgan fingerprint density at radius 1 is 1.14 bits per heavy atom. The number of benzene rings is 2. The standard InChI is InChI=1S/C15H11Cl2F2NO/c1-8(11-4-2-9(16)6-13(11)17)20-15(21)12-5-3-10(18)7-14(12)19/h2-8H,1H3,(H,20,21). The molecule has 0 fully saturated rings. The molecule has 0 heterocycles. The number of carbonyl (C=O) groups is 1. The summed E-state index contributed by atoms with van der Waals surface area (Å²) in [6.07, 6.45) is 0. The first kappa shape index (κ1) is 15.7. The van der Waals surface area contributed by atoms with Crippen LogP contribution in [-0.4, -0.2) is 5.91 Å². The van der Waals surface area contributed by atoms with Gasteiger partial charge in [0.05, 0.1) is 11.6 Å². The first-order valence-corrected chi connectivity index (χ1v) is 6.85. The van der Waals surface area contributed by atoms with E-state index in [1.807, 2.05) is 0 Å². The lowest BCUT2D eigenvalue weighted by molar-refractivity contribution is 0.0936. The van der Waals surface area contributed by atoms with E-state index in [9.17, 15) is 13.6 Å². The normalized spacial score (nSPS) is 12.0. The zero-order chi connectivity index (χ0) is 15.6. The smallest absolute Gasteiger partial charge is 0.254 e. The minimum Gasteiger partial charge on any atom is -0.345 e. The van der Waals surface area contributed by atoms with Crippen LogP contribution in [0.2, 0.25) is 10.0 Å². The largest absolute Gasteiger partial charge is 0.345 e. The van der Waals surface area contributed by atoms with E-state index in [1.54, 1.807) is 25.1 Å². The molecule has 0 aliphatic heterocycles. The highest BCUT2D eigenvalue weighted by Gasteiger charge is 2.17. The van der Waals surface area contributed by atoms with E-state index in [0.717, 1.165) is 12.1 Å². The fourth-order valence-corrected chi connectivity index (χ4v) is 2.45. The summed E-state index contributed by atoms with van der Waals surface area (Å²) in [5, 5.41) is 3.48. The second kappa shape index (κ2) is 6.41. The summed E-state index contributed by atoms with van der Waals surface area (Å²) >= 11 is 11.8. The molecule has 0 bridgehead atoms. The van der Waals surface area contributed by atoms with Crippen molar-refractivity contribution in [2.75, 3.05) is 0 Å².